The molecule has 1 saturated heterocycles. The lowest BCUT2D eigenvalue weighted by atomic mass is 9.79. The normalized spacial score (nSPS) is 18.9. The molecule has 0 saturated carbocycles. The van der Waals surface area contributed by atoms with Crippen molar-refractivity contribution >= 4 is 0 Å². The van der Waals surface area contributed by atoms with Gasteiger partial charge in [-0.15, -0.1) is 5.10 Å². The highest BCUT2D eigenvalue weighted by atomic mass is 16.7. The Labute approximate surface area is 477 Å². The summed E-state index contributed by atoms with van der Waals surface area (Å²) in [5.74, 6) is 0.851. The molecule has 8 atom stereocenters. The van der Waals surface area contributed by atoms with Crippen LogP contribution in [0.2, 0.25) is 0 Å². The van der Waals surface area contributed by atoms with Gasteiger partial charge in [-0.05, 0) is 86.7 Å². The first-order valence-electron chi connectivity index (χ1n) is 32.2. The van der Waals surface area contributed by atoms with Crippen LogP contribution in [0, 0.1) is 17.8 Å². The Morgan fingerprint density at radius 2 is 0.974 bits per heavy atom. The topological polar surface area (TPSA) is 80.1 Å². The van der Waals surface area contributed by atoms with Crippen LogP contribution < -0.4 is 0 Å². The van der Waals surface area contributed by atoms with Gasteiger partial charge in [0.05, 0.1) is 50.9 Å². The van der Waals surface area contributed by atoms with Gasteiger partial charge in [0.1, 0.15) is 12.1 Å². The van der Waals surface area contributed by atoms with Gasteiger partial charge in [0.25, 0.3) is 0 Å². The number of aryl methyl sites for hydroxylation is 1. The zero-order valence-electron chi connectivity index (χ0n) is 50.4. The fourth-order valence-electron chi connectivity index (χ4n) is 11.4. The fourth-order valence-corrected chi connectivity index (χ4v) is 11.4. The number of unbranched alkanes of at least 4 members (excludes halogenated alkanes) is 21. The van der Waals surface area contributed by atoms with Crippen LogP contribution in [0.25, 0.3) is 0 Å². The predicted molar refractivity (Wildman–Crippen MR) is 325 cm³/mol. The van der Waals surface area contributed by atoms with Crippen molar-refractivity contribution in [3.8, 4) is 0 Å². The maximum atomic E-state index is 7.25. The average Bonchev–Trinajstić information content (AvgIpc) is 3.95. The maximum Gasteiger partial charge on any atom is 0.160 e. The lowest BCUT2D eigenvalue weighted by Crippen LogP contribution is -2.49. The monoisotopic (exact) mass is 1080 g/mol. The number of hydrogen-bond acceptors (Lipinski definition) is 8. The maximum absolute atomic E-state index is 7.25. The summed E-state index contributed by atoms with van der Waals surface area (Å²) >= 11 is 0. The second-order valence-electron chi connectivity index (χ2n) is 23.5. The number of benzene rings is 3. The highest BCUT2D eigenvalue weighted by molar-refractivity contribution is 5.15. The Morgan fingerprint density at radius 1 is 0.513 bits per heavy atom. The summed E-state index contributed by atoms with van der Waals surface area (Å²) in [5, 5.41) is 9.87. The Balaban J connectivity index is 1.34. The molecule has 0 amide bonds. The van der Waals surface area contributed by atoms with E-state index in [2.05, 4.69) is 142 Å². The molecule has 5 rings (SSSR count). The van der Waals surface area contributed by atoms with Gasteiger partial charge in [-0.3, -0.25) is 0 Å². The zero-order chi connectivity index (χ0) is 55.1. The van der Waals surface area contributed by atoms with Gasteiger partial charge in [-0.1, -0.05) is 273 Å². The van der Waals surface area contributed by atoms with Crippen LogP contribution in [0.4, 0.5) is 0 Å². The molecule has 2 heterocycles. The first-order chi connectivity index (χ1) is 38.4. The summed E-state index contributed by atoms with van der Waals surface area (Å²) in [5.41, 5.74) is 4.47. The number of hydrogen-bond donors (Lipinski definition) is 0. The van der Waals surface area contributed by atoms with Crippen molar-refractivity contribution in [2.24, 2.45) is 17.8 Å². The highest BCUT2D eigenvalue weighted by Crippen LogP contribution is 2.37. The van der Waals surface area contributed by atoms with Crippen molar-refractivity contribution in [1.29, 1.82) is 0 Å². The van der Waals surface area contributed by atoms with Crippen LogP contribution in [0.1, 0.15) is 237 Å². The van der Waals surface area contributed by atoms with Crippen molar-refractivity contribution in [2.75, 3.05) is 32.8 Å². The zero-order valence-corrected chi connectivity index (χ0v) is 50.4. The van der Waals surface area contributed by atoms with E-state index in [1.165, 1.54) is 167 Å². The molecule has 0 radical (unpaired) electrons. The number of rotatable bonds is 47. The van der Waals surface area contributed by atoms with Gasteiger partial charge in [0.2, 0.25) is 0 Å². The minimum Gasteiger partial charge on any atom is -0.374 e. The van der Waals surface area contributed by atoms with Crippen molar-refractivity contribution in [3.05, 3.63) is 120 Å². The van der Waals surface area contributed by atoms with Gasteiger partial charge in [0, 0.05) is 12.1 Å². The smallest absolute Gasteiger partial charge is 0.160 e. The molecule has 0 spiro atoms. The van der Waals surface area contributed by atoms with Gasteiger partial charge < -0.3 is 28.6 Å². The van der Waals surface area contributed by atoms with Gasteiger partial charge in [0.15, 0.2) is 6.29 Å². The first-order valence-corrected chi connectivity index (χ1v) is 32.2. The molecule has 438 valence electrons. The van der Waals surface area contributed by atoms with Crippen LogP contribution >= 0.6 is 0 Å². The third kappa shape index (κ3) is 26.4. The molecule has 78 heavy (non-hydrogen) atoms. The molecule has 0 bridgehead atoms. The number of ether oxygens (including phenoxy) is 5. The molecule has 0 N–H and O–H groups in total. The van der Waals surface area contributed by atoms with Gasteiger partial charge in [-0.2, -0.15) is 0 Å². The van der Waals surface area contributed by atoms with E-state index in [0.29, 0.717) is 44.9 Å². The lowest BCUT2D eigenvalue weighted by Gasteiger charge is -2.44. The molecule has 1 aromatic heterocycles. The molecule has 3 aromatic carbocycles. The molecule has 9 heteroatoms. The first kappa shape index (κ1) is 65.4. The minimum atomic E-state index is -0.422. The summed E-state index contributed by atoms with van der Waals surface area (Å²) in [7, 11) is 0. The highest BCUT2D eigenvalue weighted by Gasteiger charge is 2.41. The Morgan fingerprint density at radius 3 is 1.50 bits per heavy atom. The van der Waals surface area contributed by atoms with Crippen LogP contribution in [-0.2, 0) is 49.9 Å². The summed E-state index contributed by atoms with van der Waals surface area (Å²) in [6, 6.07) is 31.3. The van der Waals surface area contributed by atoms with E-state index in [4.69, 9.17) is 34.0 Å². The van der Waals surface area contributed by atoms with E-state index >= 15 is 0 Å². The lowest BCUT2D eigenvalue weighted by molar-refractivity contribution is -0.264. The van der Waals surface area contributed by atoms with Crippen LogP contribution in [0.5, 0.6) is 0 Å². The second-order valence-corrected chi connectivity index (χ2v) is 23.5. The molecule has 1 fully saturated rings. The van der Waals surface area contributed by atoms with Crippen molar-refractivity contribution in [1.82, 2.24) is 19.9 Å². The van der Waals surface area contributed by atoms with Gasteiger partial charge in [-0.25, -0.2) is 4.68 Å². The van der Waals surface area contributed by atoms with Crippen LogP contribution in [-0.4, -0.2) is 77.3 Å². The fraction of sp³-hybridized carbons (Fsp3) is 0.710. The van der Waals surface area contributed by atoms with E-state index in [0.717, 1.165) is 48.1 Å². The van der Waals surface area contributed by atoms with E-state index < -0.39 is 6.29 Å². The van der Waals surface area contributed by atoms with E-state index in [1.807, 2.05) is 6.07 Å². The molecular formula is C69H112N4O5. The summed E-state index contributed by atoms with van der Waals surface area (Å²) in [4.78, 5) is 2.76. The molecule has 1 aliphatic heterocycles. The van der Waals surface area contributed by atoms with E-state index in [9.17, 15) is 0 Å². The summed E-state index contributed by atoms with van der Waals surface area (Å²) in [6.07, 6.45) is 35.4. The Hall–Kier alpha value is -3.44. The van der Waals surface area contributed by atoms with Crippen LogP contribution in [0.3, 0.4) is 0 Å². The third-order valence-corrected chi connectivity index (χ3v) is 16.9. The molecule has 1 aliphatic rings. The van der Waals surface area contributed by atoms with Crippen LogP contribution in [0.15, 0.2) is 97.2 Å². The predicted octanol–water partition coefficient (Wildman–Crippen LogP) is 17.9. The van der Waals surface area contributed by atoms with E-state index in [-0.39, 0.29) is 30.3 Å². The quantitative estimate of drug-likeness (QED) is 0.0405. The minimum absolute atomic E-state index is 0.0946. The average molecular weight is 1080 g/mol. The standard InChI is InChI=1S/C69H112N4O5/c1-7-10-13-16-17-18-19-20-21-22-23-37-48-66(75-54-62-43-32-27-33-44-62)68(76-55-63-45-34-28-35-46-63)65(56-77-69-60(6)58(4)59(5)67(78-69)57-74-53-61-41-30-26-31-42-61)73-52-64(70-71-73)47-36-29-40-51-72(49-38-24-14-11-8-2)50-39-25-15-12-9-3/h26-28,30-35,41-46,52,58-60,65-69H,7-25,29,36-40,47-51,53-57H2,1-6H3/t58?,59?,60?,65-,66+,67?,68-,69?/m0/s1. The SMILES string of the molecule is CCCCCCCCCCCCCC[C@@H](OCc1ccccc1)[C@@H](OCc1ccccc1)[C@H](COC1OC(COCc2ccccc2)C(C)C(C)C1C)n1cc(CCCCCN(CCCCCCC)CCCCCCC)nn1. The molecule has 4 aromatic rings. The van der Waals surface area contributed by atoms with Gasteiger partial charge >= 0.3 is 0 Å². The summed E-state index contributed by atoms with van der Waals surface area (Å²) < 4.78 is 36.8. The molecule has 0 aliphatic carbocycles. The molecular weight excluding hydrogens is 965 g/mol. The second kappa shape index (κ2) is 41.5. The largest absolute Gasteiger partial charge is 0.374 e. The third-order valence-electron chi connectivity index (χ3n) is 16.9. The molecule has 5 unspecified atom stereocenters. The van der Waals surface area contributed by atoms with Crippen molar-refractivity contribution < 1.29 is 23.7 Å². The molecule has 9 nitrogen and oxygen atoms in total. The van der Waals surface area contributed by atoms with Crippen molar-refractivity contribution in [3.63, 3.8) is 0 Å². The Kier molecular flexibility index (Phi) is 34.8. The Bertz CT molecular complexity index is 1970. The van der Waals surface area contributed by atoms with E-state index in [1.54, 1.807) is 0 Å². The van der Waals surface area contributed by atoms with Crippen molar-refractivity contribution in [2.45, 2.75) is 265 Å². The number of nitrogens with zero attached hydrogens (tertiary/aromatic N) is 4. The summed E-state index contributed by atoms with van der Waals surface area (Å²) in [6.45, 7) is 19.9. The number of aromatic nitrogens is 3.